The van der Waals surface area contributed by atoms with Crippen LogP contribution in [0.3, 0.4) is 0 Å². The van der Waals surface area contributed by atoms with Crippen LogP contribution in [0.2, 0.25) is 5.02 Å². The number of anilines is 1. The Morgan fingerprint density at radius 2 is 1.84 bits per heavy atom. The molecule has 5 heteroatoms. The summed E-state index contributed by atoms with van der Waals surface area (Å²) in [7, 11) is 1.80. The van der Waals surface area contributed by atoms with Gasteiger partial charge in [0, 0.05) is 32.4 Å². The molecule has 138 valence electrons. The molecule has 1 aromatic rings. The third-order valence-corrected chi connectivity index (χ3v) is 6.27. The average molecular weight is 364 g/mol. The molecule has 1 N–H and O–H groups in total. The van der Waals surface area contributed by atoms with Gasteiger partial charge in [0.15, 0.2) is 0 Å². The van der Waals surface area contributed by atoms with Crippen LogP contribution in [-0.4, -0.2) is 50.6 Å². The van der Waals surface area contributed by atoms with Crippen molar-refractivity contribution in [2.45, 2.75) is 32.6 Å². The molecule has 2 fully saturated rings. The molecule has 1 amide bonds. The van der Waals surface area contributed by atoms with E-state index in [2.05, 4.69) is 10.2 Å². The van der Waals surface area contributed by atoms with Crippen molar-refractivity contribution in [3.8, 4) is 0 Å². The number of nitrogens with one attached hydrogen (secondary N) is 1. The smallest absolute Gasteiger partial charge is 0.255 e. The topological polar surface area (TPSA) is 35.6 Å². The number of benzene rings is 1. The zero-order valence-electron chi connectivity index (χ0n) is 15.4. The number of hydrogen-bond acceptors (Lipinski definition) is 3. The van der Waals surface area contributed by atoms with Gasteiger partial charge in [-0.1, -0.05) is 11.6 Å². The summed E-state index contributed by atoms with van der Waals surface area (Å²) in [5.74, 6) is 1.76. The molecule has 2 aliphatic heterocycles. The third kappa shape index (κ3) is 4.29. The predicted octanol–water partition coefficient (Wildman–Crippen LogP) is 3.65. The molecular formula is C20H30ClN3O. The minimum absolute atomic E-state index is 0.0105. The number of rotatable bonds is 4. The average Bonchev–Trinajstić information content (AvgIpc) is 2.67. The van der Waals surface area contributed by atoms with E-state index in [0.717, 1.165) is 30.6 Å². The predicted molar refractivity (Wildman–Crippen MR) is 105 cm³/mol. The van der Waals surface area contributed by atoms with E-state index in [4.69, 9.17) is 11.6 Å². The Morgan fingerprint density at radius 3 is 2.44 bits per heavy atom. The summed E-state index contributed by atoms with van der Waals surface area (Å²) in [6.45, 7) is 7.19. The van der Waals surface area contributed by atoms with Crippen LogP contribution in [-0.2, 0) is 0 Å². The zero-order chi connectivity index (χ0) is 17.8. The summed E-state index contributed by atoms with van der Waals surface area (Å²) in [4.78, 5) is 16.4. The van der Waals surface area contributed by atoms with Gasteiger partial charge in [-0.2, -0.15) is 0 Å². The van der Waals surface area contributed by atoms with Crippen LogP contribution < -0.4 is 10.2 Å². The Hall–Kier alpha value is -1.26. The van der Waals surface area contributed by atoms with E-state index >= 15 is 0 Å². The highest BCUT2D eigenvalue weighted by Crippen LogP contribution is 2.33. The molecule has 0 radical (unpaired) electrons. The summed E-state index contributed by atoms with van der Waals surface area (Å²) in [5.41, 5.74) is 1.74. The molecule has 2 aliphatic rings. The largest absolute Gasteiger partial charge is 0.371 e. The Balaban J connectivity index is 1.61. The van der Waals surface area contributed by atoms with Crippen LogP contribution in [0.5, 0.6) is 0 Å². The minimum Gasteiger partial charge on any atom is -0.371 e. The lowest BCUT2D eigenvalue weighted by atomic mass is 9.79. The van der Waals surface area contributed by atoms with E-state index in [1.54, 1.807) is 11.9 Å². The van der Waals surface area contributed by atoms with E-state index in [9.17, 15) is 4.79 Å². The fourth-order valence-electron chi connectivity index (χ4n) is 4.17. The fourth-order valence-corrected chi connectivity index (χ4v) is 4.42. The lowest BCUT2D eigenvalue weighted by Gasteiger charge is -2.39. The van der Waals surface area contributed by atoms with Gasteiger partial charge < -0.3 is 15.1 Å². The second kappa shape index (κ2) is 8.41. The van der Waals surface area contributed by atoms with Gasteiger partial charge in [0.25, 0.3) is 5.91 Å². The monoisotopic (exact) mass is 363 g/mol. The number of hydrogen-bond donors (Lipinski definition) is 1. The molecule has 25 heavy (non-hydrogen) atoms. The number of halogens is 1. The van der Waals surface area contributed by atoms with E-state index in [0.29, 0.717) is 17.1 Å². The van der Waals surface area contributed by atoms with Gasteiger partial charge in [-0.3, -0.25) is 4.79 Å². The van der Waals surface area contributed by atoms with E-state index in [1.807, 2.05) is 25.1 Å². The van der Waals surface area contributed by atoms with Crippen molar-refractivity contribution in [3.63, 3.8) is 0 Å². The molecule has 4 nitrogen and oxygen atoms in total. The highest BCUT2D eigenvalue weighted by Gasteiger charge is 2.28. The van der Waals surface area contributed by atoms with Crippen LogP contribution in [0.4, 0.5) is 5.69 Å². The summed E-state index contributed by atoms with van der Waals surface area (Å²) in [6, 6.07) is 5.89. The number of piperidine rings is 2. The molecule has 0 atom stereocenters. The Bertz CT molecular complexity index is 593. The normalized spacial score (nSPS) is 19.9. The maximum Gasteiger partial charge on any atom is 0.255 e. The van der Waals surface area contributed by atoms with Crippen molar-refractivity contribution in [1.29, 1.82) is 0 Å². The van der Waals surface area contributed by atoms with Crippen LogP contribution in [0, 0.1) is 11.8 Å². The zero-order valence-corrected chi connectivity index (χ0v) is 16.2. The number of amides is 1. The van der Waals surface area contributed by atoms with Crippen LogP contribution >= 0.6 is 11.6 Å². The molecular weight excluding hydrogens is 334 g/mol. The first-order valence-corrected chi connectivity index (χ1v) is 9.98. The van der Waals surface area contributed by atoms with Crippen molar-refractivity contribution in [2.75, 3.05) is 44.7 Å². The first-order valence-electron chi connectivity index (χ1n) is 9.60. The van der Waals surface area contributed by atoms with Crippen LogP contribution in [0.15, 0.2) is 18.2 Å². The molecule has 0 aromatic heterocycles. The summed E-state index contributed by atoms with van der Waals surface area (Å²) in [5, 5.41) is 4.02. The van der Waals surface area contributed by atoms with Gasteiger partial charge in [-0.25, -0.2) is 0 Å². The van der Waals surface area contributed by atoms with E-state index in [1.165, 1.54) is 38.8 Å². The molecule has 0 saturated carbocycles. The second-order valence-corrected chi connectivity index (χ2v) is 7.80. The maximum absolute atomic E-state index is 12.3. The highest BCUT2D eigenvalue weighted by molar-refractivity contribution is 6.34. The highest BCUT2D eigenvalue weighted by atomic mass is 35.5. The lowest BCUT2D eigenvalue weighted by Crippen LogP contribution is -2.39. The number of carbonyl (C=O) groups is 1. The summed E-state index contributed by atoms with van der Waals surface area (Å²) < 4.78 is 0. The second-order valence-electron chi connectivity index (χ2n) is 7.40. The van der Waals surface area contributed by atoms with Gasteiger partial charge >= 0.3 is 0 Å². The fraction of sp³-hybridized carbons (Fsp3) is 0.650. The molecule has 0 unspecified atom stereocenters. The summed E-state index contributed by atoms with van der Waals surface area (Å²) in [6.07, 6.45) is 5.19. The first kappa shape index (κ1) is 18.5. The van der Waals surface area contributed by atoms with Crippen LogP contribution in [0.25, 0.3) is 0 Å². The number of nitrogens with zero attached hydrogens (tertiary/aromatic N) is 2. The third-order valence-electron chi connectivity index (χ3n) is 5.96. The van der Waals surface area contributed by atoms with E-state index < -0.39 is 0 Å². The quantitative estimate of drug-likeness (QED) is 0.886. The van der Waals surface area contributed by atoms with Gasteiger partial charge in [0.2, 0.25) is 0 Å². The minimum atomic E-state index is -0.0105. The molecule has 0 bridgehead atoms. The Labute approximate surface area is 156 Å². The maximum atomic E-state index is 12.3. The van der Waals surface area contributed by atoms with Crippen molar-refractivity contribution in [2.24, 2.45) is 11.8 Å². The van der Waals surface area contributed by atoms with Crippen LogP contribution in [0.1, 0.15) is 43.0 Å². The van der Waals surface area contributed by atoms with Crippen molar-refractivity contribution in [1.82, 2.24) is 10.2 Å². The van der Waals surface area contributed by atoms with E-state index in [-0.39, 0.29) is 5.91 Å². The Morgan fingerprint density at radius 1 is 1.20 bits per heavy atom. The number of carbonyl (C=O) groups excluding carboxylic acids is 1. The van der Waals surface area contributed by atoms with Gasteiger partial charge in [-0.05, 0) is 75.7 Å². The van der Waals surface area contributed by atoms with Gasteiger partial charge in [0.05, 0.1) is 10.6 Å². The molecule has 2 saturated heterocycles. The van der Waals surface area contributed by atoms with Gasteiger partial charge in [0.1, 0.15) is 0 Å². The molecule has 0 spiro atoms. The van der Waals surface area contributed by atoms with Crippen molar-refractivity contribution < 1.29 is 4.79 Å². The lowest BCUT2D eigenvalue weighted by molar-refractivity contribution is 0.0802. The SMILES string of the molecule is CCN(C)C(=O)c1ccc(N2CCC(C3CCNCC3)CC2)cc1Cl. The Kier molecular flexibility index (Phi) is 6.24. The first-order chi connectivity index (χ1) is 12.1. The molecule has 2 heterocycles. The van der Waals surface area contributed by atoms with Crippen molar-refractivity contribution >= 4 is 23.2 Å². The molecule has 3 rings (SSSR count). The standard InChI is InChI=1S/C20H30ClN3O/c1-3-23(2)20(25)18-5-4-17(14-19(18)21)24-12-8-16(9-13-24)15-6-10-22-11-7-15/h4-5,14-16,22H,3,6-13H2,1-2H3. The van der Waals surface area contributed by atoms with Gasteiger partial charge in [-0.15, -0.1) is 0 Å². The molecule has 1 aromatic carbocycles. The molecule has 0 aliphatic carbocycles. The van der Waals surface area contributed by atoms with Crippen molar-refractivity contribution in [3.05, 3.63) is 28.8 Å². The summed E-state index contributed by atoms with van der Waals surface area (Å²) >= 11 is 6.41.